The Hall–Kier alpha value is 0.220. The molecular formula is C9H14OS2. The maximum Gasteiger partial charge on any atom is 0.0675 e. The first kappa shape index (κ1) is 10.3. The second-order valence-corrected chi connectivity index (χ2v) is 5.29. The highest BCUT2D eigenvalue weighted by molar-refractivity contribution is 8.06. The van der Waals surface area contributed by atoms with Gasteiger partial charge in [0, 0.05) is 28.9 Å². The van der Waals surface area contributed by atoms with Crippen LogP contribution in [0.4, 0.5) is 0 Å². The van der Waals surface area contributed by atoms with Crippen molar-refractivity contribution in [1.82, 2.24) is 0 Å². The quantitative estimate of drug-likeness (QED) is 0.702. The number of aliphatic hydroxyl groups is 1. The molecule has 0 aromatic carbocycles. The topological polar surface area (TPSA) is 20.2 Å². The highest BCUT2D eigenvalue weighted by Crippen LogP contribution is 2.27. The Labute approximate surface area is 82.7 Å². The fourth-order valence-corrected chi connectivity index (χ4v) is 3.96. The average molecular weight is 202 g/mol. The molecule has 0 amide bonds. The maximum absolute atomic E-state index is 9.68. The van der Waals surface area contributed by atoms with Gasteiger partial charge in [-0.3, -0.25) is 0 Å². The van der Waals surface area contributed by atoms with Crippen LogP contribution in [0, 0.1) is 12.3 Å². The third-order valence-corrected chi connectivity index (χ3v) is 4.76. The number of thioether (sulfide) groups is 2. The van der Waals surface area contributed by atoms with Crippen LogP contribution in [0.3, 0.4) is 0 Å². The minimum atomic E-state index is -0.196. The zero-order valence-electron chi connectivity index (χ0n) is 7.03. The monoisotopic (exact) mass is 202 g/mol. The molecule has 0 aliphatic carbocycles. The molecule has 0 aromatic heterocycles. The van der Waals surface area contributed by atoms with E-state index in [1.54, 1.807) is 0 Å². The molecule has 1 aliphatic heterocycles. The standard InChI is InChI=1S/C9H14OS2/c1-2-3-4-8(10)9-7-11-5-6-12-9/h1,8-10H,3-7H2. The number of aliphatic hydroxyl groups excluding tert-OH is 1. The van der Waals surface area contributed by atoms with E-state index in [2.05, 4.69) is 5.92 Å². The first-order valence-electron chi connectivity index (χ1n) is 4.15. The van der Waals surface area contributed by atoms with Gasteiger partial charge in [-0.25, -0.2) is 0 Å². The van der Waals surface area contributed by atoms with Crippen LogP contribution in [0.15, 0.2) is 0 Å². The largest absolute Gasteiger partial charge is 0.392 e. The van der Waals surface area contributed by atoms with E-state index in [1.165, 1.54) is 11.5 Å². The second-order valence-electron chi connectivity index (χ2n) is 2.79. The van der Waals surface area contributed by atoms with Crippen LogP contribution in [-0.4, -0.2) is 33.7 Å². The molecule has 0 radical (unpaired) electrons. The highest BCUT2D eigenvalue weighted by Gasteiger charge is 2.21. The lowest BCUT2D eigenvalue weighted by atomic mass is 10.1. The molecule has 2 unspecified atom stereocenters. The zero-order valence-corrected chi connectivity index (χ0v) is 8.66. The molecule has 1 N–H and O–H groups in total. The van der Waals surface area contributed by atoms with E-state index in [-0.39, 0.29) is 6.10 Å². The average Bonchev–Trinajstić information content (AvgIpc) is 2.15. The van der Waals surface area contributed by atoms with E-state index < -0.39 is 0 Å². The SMILES string of the molecule is C#CCCC(O)C1CSCCS1. The Morgan fingerprint density at radius 1 is 1.58 bits per heavy atom. The molecule has 1 heterocycles. The lowest BCUT2D eigenvalue weighted by molar-refractivity contribution is 0.169. The smallest absolute Gasteiger partial charge is 0.0675 e. The lowest BCUT2D eigenvalue weighted by Gasteiger charge is -2.25. The van der Waals surface area contributed by atoms with Gasteiger partial charge in [0.25, 0.3) is 0 Å². The summed E-state index contributed by atoms with van der Waals surface area (Å²) >= 11 is 3.81. The molecule has 1 rings (SSSR count). The molecule has 12 heavy (non-hydrogen) atoms. The number of hydrogen-bond acceptors (Lipinski definition) is 3. The molecule has 1 nitrogen and oxygen atoms in total. The van der Waals surface area contributed by atoms with Gasteiger partial charge in [-0.2, -0.15) is 23.5 Å². The van der Waals surface area contributed by atoms with E-state index in [1.807, 2.05) is 23.5 Å². The van der Waals surface area contributed by atoms with Crippen molar-refractivity contribution in [3.63, 3.8) is 0 Å². The Bertz CT molecular complexity index is 158. The van der Waals surface area contributed by atoms with Gasteiger partial charge >= 0.3 is 0 Å². The van der Waals surface area contributed by atoms with Gasteiger partial charge < -0.3 is 5.11 Å². The molecule has 2 atom stereocenters. The molecule has 68 valence electrons. The molecule has 0 aromatic rings. The summed E-state index contributed by atoms with van der Waals surface area (Å²) in [5, 5.41) is 10.1. The van der Waals surface area contributed by atoms with Crippen molar-refractivity contribution in [3.05, 3.63) is 0 Å². The van der Waals surface area contributed by atoms with E-state index in [9.17, 15) is 5.11 Å². The number of hydrogen-bond donors (Lipinski definition) is 1. The van der Waals surface area contributed by atoms with Gasteiger partial charge in [-0.15, -0.1) is 12.3 Å². The van der Waals surface area contributed by atoms with Crippen LogP contribution in [0.5, 0.6) is 0 Å². The van der Waals surface area contributed by atoms with E-state index in [0.717, 1.165) is 12.2 Å². The first-order valence-corrected chi connectivity index (χ1v) is 6.36. The van der Waals surface area contributed by atoms with Crippen molar-refractivity contribution in [3.8, 4) is 12.3 Å². The predicted octanol–water partition coefficient (Wildman–Crippen LogP) is 1.61. The third kappa shape index (κ3) is 3.30. The predicted molar refractivity (Wildman–Crippen MR) is 57.6 cm³/mol. The summed E-state index contributed by atoms with van der Waals surface area (Å²) in [5.74, 6) is 6.04. The Morgan fingerprint density at radius 2 is 2.42 bits per heavy atom. The molecule has 1 aliphatic rings. The van der Waals surface area contributed by atoms with Crippen LogP contribution < -0.4 is 0 Å². The Kier molecular flexibility index (Phi) is 4.98. The van der Waals surface area contributed by atoms with Gasteiger partial charge in [0.2, 0.25) is 0 Å². The second kappa shape index (κ2) is 5.80. The molecule has 1 saturated heterocycles. The summed E-state index contributed by atoms with van der Waals surface area (Å²) in [4.78, 5) is 0. The fourth-order valence-electron chi connectivity index (χ4n) is 1.15. The maximum atomic E-state index is 9.68. The van der Waals surface area contributed by atoms with Crippen molar-refractivity contribution in [2.75, 3.05) is 17.3 Å². The molecule has 0 saturated carbocycles. The zero-order chi connectivity index (χ0) is 8.81. The van der Waals surface area contributed by atoms with Gasteiger partial charge in [0.05, 0.1) is 6.10 Å². The molecule has 3 heteroatoms. The highest BCUT2D eigenvalue weighted by atomic mass is 32.2. The summed E-state index contributed by atoms with van der Waals surface area (Å²) in [6, 6.07) is 0. The van der Waals surface area contributed by atoms with Crippen molar-refractivity contribution in [2.45, 2.75) is 24.2 Å². The summed E-state index contributed by atoms with van der Waals surface area (Å²) in [6.45, 7) is 0. The third-order valence-electron chi connectivity index (χ3n) is 1.86. The van der Waals surface area contributed by atoms with Crippen molar-refractivity contribution < 1.29 is 5.11 Å². The number of rotatable bonds is 3. The van der Waals surface area contributed by atoms with E-state index >= 15 is 0 Å². The van der Waals surface area contributed by atoms with E-state index in [0.29, 0.717) is 11.7 Å². The Morgan fingerprint density at radius 3 is 3.00 bits per heavy atom. The van der Waals surface area contributed by atoms with Crippen molar-refractivity contribution >= 4 is 23.5 Å². The number of terminal acetylenes is 1. The summed E-state index contributed by atoms with van der Waals surface area (Å²) in [7, 11) is 0. The molecule has 0 spiro atoms. The van der Waals surface area contributed by atoms with Crippen LogP contribution in [0.25, 0.3) is 0 Å². The van der Waals surface area contributed by atoms with Gasteiger partial charge in [0.1, 0.15) is 0 Å². The first-order chi connectivity index (χ1) is 5.84. The molecule has 0 bridgehead atoms. The van der Waals surface area contributed by atoms with Crippen molar-refractivity contribution in [2.24, 2.45) is 0 Å². The minimum absolute atomic E-state index is 0.196. The summed E-state index contributed by atoms with van der Waals surface area (Å²) < 4.78 is 0. The van der Waals surface area contributed by atoms with E-state index in [4.69, 9.17) is 6.42 Å². The van der Waals surface area contributed by atoms with Crippen LogP contribution in [-0.2, 0) is 0 Å². The van der Waals surface area contributed by atoms with Gasteiger partial charge in [-0.05, 0) is 6.42 Å². The van der Waals surface area contributed by atoms with Gasteiger partial charge in [-0.1, -0.05) is 0 Å². The van der Waals surface area contributed by atoms with Crippen molar-refractivity contribution in [1.29, 1.82) is 0 Å². The summed E-state index contributed by atoms with van der Waals surface area (Å²) in [6.07, 6.45) is 6.39. The van der Waals surface area contributed by atoms with Gasteiger partial charge in [0.15, 0.2) is 0 Å². The molecular weight excluding hydrogens is 188 g/mol. The summed E-state index contributed by atoms with van der Waals surface area (Å²) in [5.41, 5.74) is 0. The Balaban J connectivity index is 2.21. The van der Waals surface area contributed by atoms with Crippen LogP contribution >= 0.6 is 23.5 Å². The molecule has 1 fully saturated rings. The minimum Gasteiger partial charge on any atom is -0.392 e. The lowest BCUT2D eigenvalue weighted by Crippen LogP contribution is -2.28. The normalized spacial score (nSPS) is 26.2. The van der Waals surface area contributed by atoms with Crippen LogP contribution in [0.1, 0.15) is 12.8 Å². The van der Waals surface area contributed by atoms with Crippen LogP contribution in [0.2, 0.25) is 0 Å². The fraction of sp³-hybridized carbons (Fsp3) is 0.778.